The fourth-order valence-corrected chi connectivity index (χ4v) is 3.01. The largest absolute Gasteiger partial charge is 0.394 e. The van der Waals surface area contributed by atoms with Gasteiger partial charge in [0.1, 0.15) is 11.9 Å². The Morgan fingerprint density at radius 2 is 2.06 bits per heavy atom. The molecule has 0 radical (unpaired) electrons. The first kappa shape index (κ1) is 13.5. The normalized spacial score (nSPS) is 28.4. The zero-order valence-electron chi connectivity index (χ0n) is 10.1. The molecule has 1 saturated heterocycles. The molecule has 0 bridgehead atoms. The zero-order valence-corrected chi connectivity index (χ0v) is 10.9. The van der Waals surface area contributed by atoms with Gasteiger partial charge in [-0.2, -0.15) is 0 Å². The second kappa shape index (κ2) is 4.97. The molecule has 5 nitrogen and oxygen atoms in total. The quantitative estimate of drug-likeness (QED) is 0.853. The maximum atomic E-state index is 11.5. The Hall–Kier alpha value is -0.950. The van der Waals surface area contributed by atoms with Crippen LogP contribution in [0.4, 0.5) is 0 Å². The zero-order chi connectivity index (χ0) is 13.2. The standard InChI is InChI=1S/C12H16O5S/c1-18(14,15)9-12(10-5-3-2-4-6-10)16-8-11(7-13)17-12/h2-6,11,13H,7-9H2,1H3/t11-,12+/m0/s1. The fraction of sp³-hybridized carbons (Fsp3) is 0.500. The van der Waals surface area contributed by atoms with Crippen LogP contribution in [0.5, 0.6) is 0 Å². The molecule has 1 aliphatic heterocycles. The molecule has 1 aromatic carbocycles. The third kappa shape index (κ3) is 2.89. The van der Waals surface area contributed by atoms with E-state index in [2.05, 4.69) is 0 Å². The predicted molar refractivity (Wildman–Crippen MR) is 65.7 cm³/mol. The van der Waals surface area contributed by atoms with Gasteiger partial charge in [-0.25, -0.2) is 8.42 Å². The van der Waals surface area contributed by atoms with Gasteiger partial charge in [0.2, 0.25) is 5.79 Å². The average Bonchev–Trinajstić information content (AvgIpc) is 2.73. The highest BCUT2D eigenvalue weighted by molar-refractivity contribution is 7.90. The third-order valence-electron chi connectivity index (χ3n) is 2.73. The van der Waals surface area contributed by atoms with E-state index in [4.69, 9.17) is 14.6 Å². The van der Waals surface area contributed by atoms with E-state index in [0.717, 1.165) is 6.26 Å². The minimum Gasteiger partial charge on any atom is -0.394 e. The second-order valence-corrected chi connectivity index (χ2v) is 6.56. The van der Waals surface area contributed by atoms with Crippen LogP contribution in [0.25, 0.3) is 0 Å². The Labute approximate surface area is 106 Å². The molecule has 1 aromatic rings. The van der Waals surface area contributed by atoms with Crippen molar-refractivity contribution < 1.29 is 23.0 Å². The molecule has 6 heteroatoms. The van der Waals surface area contributed by atoms with Crippen molar-refractivity contribution in [2.24, 2.45) is 0 Å². The minimum atomic E-state index is -3.28. The summed E-state index contributed by atoms with van der Waals surface area (Å²) >= 11 is 0. The molecule has 1 heterocycles. The lowest BCUT2D eigenvalue weighted by molar-refractivity contribution is -0.162. The lowest BCUT2D eigenvalue weighted by Crippen LogP contribution is -2.36. The summed E-state index contributed by atoms with van der Waals surface area (Å²) in [5, 5.41) is 9.09. The van der Waals surface area contributed by atoms with Gasteiger partial charge in [-0.15, -0.1) is 0 Å². The molecule has 0 saturated carbocycles. The van der Waals surface area contributed by atoms with Crippen molar-refractivity contribution in [1.29, 1.82) is 0 Å². The Morgan fingerprint density at radius 1 is 1.39 bits per heavy atom. The van der Waals surface area contributed by atoms with Crippen molar-refractivity contribution in [1.82, 2.24) is 0 Å². The van der Waals surface area contributed by atoms with E-state index in [0.29, 0.717) is 5.56 Å². The van der Waals surface area contributed by atoms with E-state index in [1.54, 1.807) is 24.3 Å². The molecule has 1 N–H and O–H groups in total. The predicted octanol–water partition coefficient (Wildman–Crippen LogP) is 0.292. The van der Waals surface area contributed by atoms with Crippen molar-refractivity contribution in [2.45, 2.75) is 11.9 Å². The number of sulfone groups is 1. The van der Waals surface area contributed by atoms with Crippen LogP contribution in [-0.4, -0.2) is 44.9 Å². The summed E-state index contributed by atoms with van der Waals surface area (Å²) in [4.78, 5) is 0. The first-order valence-electron chi connectivity index (χ1n) is 5.61. The highest BCUT2D eigenvalue weighted by atomic mass is 32.2. The number of hydrogen-bond donors (Lipinski definition) is 1. The summed E-state index contributed by atoms with van der Waals surface area (Å²) in [6.07, 6.45) is 0.642. The monoisotopic (exact) mass is 272 g/mol. The van der Waals surface area contributed by atoms with E-state index < -0.39 is 21.7 Å². The van der Waals surface area contributed by atoms with E-state index in [9.17, 15) is 8.42 Å². The SMILES string of the molecule is CS(=O)(=O)C[C@@]1(c2ccccc2)OC[C@H](CO)O1. The van der Waals surface area contributed by atoms with Crippen molar-refractivity contribution >= 4 is 9.84 Å². The lowest BCUT2D eigenvalue weighted by Gasteiger charge is -2.27. The van der Waals surface area contributed by atoms with Crippen molar-refractivity contribution in [3.63, 3.8) is 0 Å². The van der Waals surface area contributed by atoms with Gasteiger partial charge in [0.15, 0.2) is 9.84 Å². The second-order valence-electron chi connectivity index (χ2n) is 4.42. The molecular weight excluding hydrogens is 256 g/mol. The lowest BCUT2D eigenvalue weighted by atomic mass is 10.1. The van der Waals surface area contributed by atoms with Gasteiger partial charge in [-0.1, -0.05) is 30.3 Å². The summed E-state index contributed by atoms with van der Waals surface area (Å²) in [7, 11) is -3.28. The molecular formula is C12H16O5S. The summed E-state index contributed by atoms with van der Waals surface area (Å²) in [6.45, 7) is -0.0146. The van der Waals surface area contributed by atoms with Crippen LogP contribution in [0.3, 0.4) is 0 Å². The fourth-order valence-electron chi connectivity index (χ4n) is 2.00. The van der Waals surface area contributed by atoms with E-state index in [-0.39, 0.29) is 19.0 Å². The van der Waals surface area contributed by atoms with E-state index in [1.807, 2.05) is 6.07 Å². The van der Waals surface area contributed by atoms with Crippen LogP contribution in [0.15, 0.2) is 30.3 Å². The minimum absolute atomic E-state index is 0.181. The van der Waals surface area contributed by atoms with Gasteiger partial charge < -0.3 is 14.6 Å². The molecule has 0 spiro atoms. The summed E-state index contributed by atoms with van der Waals surface area (Å²) in [5.41, 5.74) is 0.645. The van der Waals surface area contributed by atoms with Crippen LogP contribution in [0.1, 0.15) is 5.56 Å². The van der Waals surface area contributed by atoms with Gasteiger partial charge in [-0.05, 0) is 0 Å². The number of aliphatic hydroxyl groups is 1. The molecule has 18 heavy (non-hydrogen) atoms. The molecule has 0 aliphatic carbocycles. The van der Waals surface area contributed by atoms with Gasteiger partial charge in [0.25, 0.3) is 0 Å². The molecule has 1 fully saturated rings. The molecule has 2 atom stereocenters. The molecule has 0 amide bonds. The molecule has 100 valence electrons. The van der Waals surface area contributed by atoms with Crippen molar-refractivity contribution in [2.75, 3.05) is 25.2 Å². The molecule has 2 rings (SSSR count). The number of rotatable bonds is 4. The topological polar surface area (TPSA) is 72.8 Å². The van der Waals surface area contributed by atoms with Gasteiger partial charge in [-0.3, -0.25) is 0 Å². The van der Waals surface area contributed by atoms with Gasteiger partial charge in [0.05, 0.1) is 13.2 Å². The maximum absolute atomic E-state index is 11.5. The highest BCUT2D eigenvalue weighted by Crippen LogP contribution is 2.35. The van der Waals surface area contributed by atoms with Crippen molar-refractivity contribution in [3.05, 3.63) is 35.9 Å². The summed E-state index contributed by atoms with van der Waals surface area (Å²) < 4.78 is 34.2. The number of aliphatic hydroxyl groups excluding tert-OH is 1. The third-order valence-corrected chi connectivity index (χ3v) is 3.63. The number of ether oxygens (including phenoxy) is 2. The molecule has 0 unspecified atom stereocenters. The Morgan fingerprint density at radius 3 is 2.56 bits per heavy atom. The summed E-state index contributed by atoms with van der Waals surface area (Å²) in [6, 6.07) is 8.92. The Kier molecular flexibility index (Phi) is 3.72. The average molecular weight is 272 g/mol. The van der Waals surface area contributed by atoms with Crippen LogP contribution in [0, 0.1) is 0 Å². The maximum Gasteiger partial charge on any atom is 0.209 e. The van der Waals surface area contributed by atoms with Crippen LogP contribution in [0.2, 0.25) is 0 Å². The van der Waals surface area contributed by atoms with Crippen LogP contribution >= 0.6 is 0 Å². The first-order chi connectivity index (χ1) is 8.45. The smallest absolute Gasteiger partial charge is 0.209 e. The highest BCUT2D eigenvalue weighted by Gasteiger charge is 2.45. The summed E-state index contributed by atoms with van der Waals surface area (Å²) in [5.74, 6) is -1.57. The van der Waals surface area contributed by atoms with Crippen LogP contribution in [-0.2, 0) is 25.1 Å². The Balaban J connectivity index is 2.36. The molecule has 1 aliphatic rings. The van der Waals surface area contributed by atoms with Gasteiger partial charge >= 0.3 is 0 Å². The first-order valence-corrected chi connectivity index (χ1v) is 7.67. The van der Waals surface area contributed by atoms with Crippen LogP contribution < -0.4 is 0 Å². The number of benzene rings is 1. The van der Waals surface area contributed by atoms with E-state index in [1.165, 1.54) is 0 Å². The molecule has 0 aromatic heterocycles. The van der Waals surface area contributed by atoms with Gasteiger partial charge in [0, 0.05) is 11.8 Å². The van der Waals surface area contributed by atoms with Crippen molar-refractivity contribution in [3.8, 4) is 0 Å². The Bertz CT molecular complexity index is 498. The van der Waals surface area contributed by atoms with E-state index >= 15 is 0 Å². The number of hydrogen-bond acceptors (Lipinski definition) is 5.